The summed E-state index contributed by atoms with van der Waals surface area (Å²) in [5.74, 6) is 0.141. The van der Waals surface area contributed by atoms with E-state index in [-0.39, 0.29) is 45.5 Å². The van der Waals surface area contributed by atoms with E-state index in [4.69, 9.17) is 4.74 Å². The van der Waals surface area contributed by atoms with Gasteiger partial charge >= 0.3 is 0 Å². The number of nitrogens with zero attached hydrogens (tertiary/aromatic N) is 2. The summed E-state index contributed by atoms with van der Waals surface area (Å²) in [6, 6.07) is 7.26. The van der Waals surface area contributed by atoms with Crippen molar-refractivity contribution in [2.24, 2.45) is 0 Å². The first-order valence-electron chi connectivity index (χ1n) is 7.64. The van der Waals surface area contributed by atoms with Gasteiger partial charge in [0.1, 0.15) is 13.2 Å². The Morgan fingerprint density at radius 3 is 1.36 bits per heavy atom. The number of hydrogen-bond donors (Lipinski definition) is 0. The van der Waals surface area contributed by atoms with E-state index in [1.165, 1.54) is 0 Å². The van der Waals surface area contributed by atoms with E-state index in [0.29, 0.717) is 24.3 Å². The highest BCUT2D eigenvalue weighted by Gasteiger charge is 2.06. The van der Waals surface area contributed by atoms with E-state index in [1.807, 2.05) is 58.2 Å². The normalized spacial score (nSPS) is 9.68. The fourth-order valence-electron chi connectivity index (χ4n) is 2.12. The Kier molecular flexibility index (Phi) is 11.3. The zero-order valence-electron chi connectivity index (χ0n) is 14.3. The van der Waals surface area contributed by atoms with Crippen LogP contribution in [0.5, 0.6) is 0 Å². The quantitative estimate of drug-likeness (QED) is 0.220. The summed E-state index contributed by atoms with van der Waals surface area (Å²) in [5.41, 5.74) is 1.43. The molecule has 2 aromatic heterocycles. The van der Waals surface area contributed by atoms with Crippen molar-refractivity contribution in [3.63, 3.8) is 0 Å². The second-order valence-electron chi connectivity index (χ2n) is 5.37. The van der Waals surface area contributed by atoms with E-state index in [1.54, 1.807) is 13.8 Å². The van der Waals surface area contributed by atoms with Crippen molar-refractivity contribution in [3.05, 3.63) is 60.2 Å². The molecule has 2 aromatic rings. The van der Waals surface area contributed by atoms with Crippen LogP contribution in [0.4, 0.5) is 0 Å². The average molecular weight is 474 g/mol. The molecular weight excluding hydrogens is 452 g/mol. The van der Waals surface area contributed by atoms with Gasteiger partial charge in [0.2, 0.25) is 0 Å². The van der Waals surface area contributed by atoms with Gasteiger partial charge in [-0.25, -0.2) is 9.13 Å². The monoisotopic (exact) mass is 472 g/mol. The molecule has 0 spiro atoms. The molecule has 0 aliphatic carbocycles. The molecule has 0 bridgehead atoms. The largest absolute Gasteiger partial charge is 1.00 e. The number of rotatable bonds is 8. The first-order valence-corrected chi connectivity index (χ1v) is 7.64. The number of pyridine rings is 2. The van der Waals surface area contributed by atoms with Crippen LogP contribution in [0.15, 0.2) is 49.1 Å². The predicted octanol–water partition coefficient (Wildman–Crippen LogP) is -4.61. The molecule has 2 heterocycles. The second kappa shape index (κ2) is 12.0. The van der Waals surface area contributed by atoms with Gasteiger partial charge in [-0.3, -0.25) is 9.59 Å². The van der Waals surface area contributed by atoms with Gasteiger partial charge in [-0.2, -0.15) is 0 Å². The number of Topliss-reactive ketones (excluding diaryl/α,β-unsaturated/α-hetero) is 2. The highest BCUT2D eigenvalue weighted by atomic mass is 79.9. The van der Waals surface area contributed by atoms with Gasteiger partial charge in [-0.1, -0.05) is 0 Å². The third-order valence-corrected chi connectivity index (χ3v) is 3.58. The molecule has 2 rings (SSSR count). The molecule has 0 atom stereocenters. The molecule has 0 saturated carbocycles. The smallest absolute Gasteiger partial charge is 0.171 e. The van der Waals surface area contributed by atoms with Gasteiger partial charge in [-0.05, 0) is 13.8 Å². The lowest BCUT2D eigenvalue weighted by Gasteiger charge is -2.01. The number of carbonyl (C=O) groups is 2. The van der Waals surface area contributed by atoms with Gasteiger partial charge in [0, 0.05) is 35.4 Å². The van der Waals surface area contributed by atoms with Crippen LogP contribution in [-0.2, 0) is 17.8 Å². The second-order valence-corrected chi connectivity index (χ2v) is 5.37. The molecule has 0 N–H and O–H groups in total. The first-order chi connectivity index (χ1) is 11.1. The van der Waals surface area contributed by atoms with Crippen LogP contribution in [-0.4, -0.2) is 24.8 Å². The summed E-state index contributed by atoms with van der Waals surface area (Å²) >= 11 is 0. The summed E-state index contributed by atoms with van der Waals surface area (Å²) in [5, 5.41) is 0. The predicted molar refractivity (Wildman–Crippen MR) is 84.1 cm³/mol. The van der Waals surface area contributed by atoms with Crippen LogP contribution < -0.4 is 43.1 Å². The van der Waals surface area contributed by atoms with Crippen molar-refractivity contribution in [2.75, 3.05) is 13.2 Å². The number of hydrogen-bond acceptors (Lipinski definition) is 3. The van der Waals surface area contributed by atoms with E-state index in [0.717, 1.165) is 13.1 Å². The number of ether oxygens (including phenoxy) is 1. The van der Waals surface area contributed by atoms with Crippen LogP contribution >= 0.6 is 0 Å². The molecule has 7 heteroatoms. The van der Waals surface area contributed by atoms with Crippen molar-refractivity contribution in [3.8, 4) is 0 Å². The van der Waals surface area contributed by atoms with E-state index in [9.17, 15) is 9.59 Å². The standard InChI is InChI=1S/C18H22N2O3.2BrH/c1-15(21)17-3-7-19(8-4-17)11-13-23-14-12-20-9-5-18(6-10-20)16(2)22;;/h3-10H,11-14H2,1-2H3;2*1H/q+2;;/p-2. The Bertz CT molecular complexity index is 614. The molecule has 0 amide bonds. The fourth-order valence-corrected chi connectivity index (χ4v) is 2.12. The molecule has 0 radical (unpaired) electrons. The SMILES string of the molecule is CC(=O)c1cc[n+](CCOCC[n+]2ccc(C(C)=O)cc2)cc1.[Br-].[Br-]. The van der Waals surface area contributed by atoms with Gasteiger partial charge in [-0.15, -0.1) is 0 Å². The zero-order chi connectivity index (χ0) is 16.7. The topological polar surface area (TPSA) is 51.1 Å². The van der Waals surface area contributed by atoms with Crippen LogP contribution in [0.1, 0.15) is 34.6 Å². The number of ketones is 2. The molecule has 0 aliphatic rings. The van der Waals surface area contributed by atoms with Gasteiger partial charge in [0.15, 0.2) is 49.4 Å². The molecule has 25 heavy (non-hydrogen) atoms. The van der Waals surface area contributed by atoms with E-state index >= 15 is 0 Å². The Morgan fingerprint density at radius 1 is 0.760 bits per heavy atom. The Labute approximate surface area is 169 Å². The molecule has 136 valence electrons. The van der Waals surface area contributed by atoms with Crippen molar-refractivity contribution in [1.82, 2.24) is 0 Å². The fraction of sp³-hybridized carbons (Fsp3) is 0.333. The Balaban J connectivity index is 0.00000288. The summed E-state index contributed by atoms with van der Waals surface area (Å²) in [7, 11) is 0. The summed E-state index contributed by atoms with van der Waals surface area (Å²) < 4.78 is 9.60. The maximum absolute atomic E-state index is 11.2. The Morgan fingerprint density at radius 2 is 1.08 bits per heavy atom. The molecule has 0 saturated heterocycles. The van der Waals surface area contributed by atoms with Crippen LogP contribution in [0.2, 0.25) is 0 Å². The number of aromatic nitrogens is 2. The minimum Gasteiger partial charge on any atom is -1.00 e. The minimum atomic E-state index is 0. The average Bonchev–Trinajstić information content (AvgIpc) is 2.55. The maximum atomic E-state index is 11.2. The molecule has 0 fully saturated rings. The van der Waals surface area contributed by atoms with Gasteiger partial charge < -0.3 is 38.7 Å². The summed E-state index contributed by atoms with van der Waals surface area (Å²) in [4.78, 5) is 22.4. The molecule has 0 aromatic carbocycles. The number of carbonyl (C=O) groups excluding carboxylic acids is 2. The van der Waals surface area contributed by atoms with E-state index < -0.39 is 0 Å². The molecule has 5 nitrogen and oxygen atoms in total. The van der Waals surface area contributed by atoms with Crippen molar-refractivity contribution >= 4 is 11.6 Å². The molecule has 0 aliphatic heterocycles. The van der Waals surface area contributed by atoms with Gasteiger partial charge in [0.05, 0.1) is 0 Å². The highest BCUT2D eigenvalue weighted by Crippen LogP contribution is 1.96. The minimum absolute atomic E-state index is 0. The maximum Gasteiger partial charge on any atom is 0.171 e. The molecule has 0 unspecified atom stereocenters. The lowest BCUT2D eigenvalue weighted by molar-refractivity contribution is -0.705. The molecular formula is C18H22Br2N2O3. The van der Waals surface area contributed by atoms with E-state index in [2.05, 4.69) is 0 Å². The first kappa shape index (κ1) is 23.6. The number of halogens is 2. The Hall–Kier alpha value is -1.44. The van der Waals surface area contributed by atoms with Crippen molar-refractivity contribution in [2.45, 2.75) is 26.9 Å². The van der Waals surface area contributed by atoms with Crippen LogP contribution in [0.25, 0.3) is 0 Å². The lowest BCUT2D eigenvalue weighted by Crippen LogP contribution is -3.00. The van der Waals surface area contributed by atoms with Crippen LogP contribution in [0.3, 0.4) is 0 Å². The van der Waals surface area contributed by atoms with Gasteiger partial charge in [0.25, 0.3) is 0 Å². The third-order valence-electron chi connectivity index (χ3n) is 3.58. The van der Waals surface area contributed by atoms with Crippen LogP contribution in [0, 0.1) is 0 Å². The third kappa shape index (κ3) is 7.98. The van der Waals surface area contributed by atoms with Crippen molar-refractivity contribution in [1.29, 1.82) is 0 Å². The van der Waals surface area contributed by atoms with Crippen molar-refractivity contribution < 1.29 is 57.4 Å². The lowest BCUT2D eigenvalue weighted by atomic mass is 10.2. The summed E-state index contributed by atoms with van der Waals surface area (Å²) in [6.45, 7) is 5.82. The highest BCUT2D eigenvalue weighted by molar-refractivity contribution is 5.94. The summed E-state index contributed by atoms with van der Waals surface area (Å²) in [6.07, 6.45) is 7.54. The zero-order valence-corrected chi connectivity index (χ0v) is 17.5.